The first-order chi connectivity index (χ1) is 14.5. The lowest BCUT2D eigenvalue weighted by Gasteiger charge is -2.28. The third-order valence-electron chi connectivity index (χ3n) is 5.39. The lowest BCUT2D eigenvalue weighted by molar-refractivity contribution is -0.131. The molecule has 0 unspecified atom stereocenters. The Morgan fingerprint density at radius 3 is 2.67 bits per heavy atom. The number of fused-ring (bicyclic) bond motifs is 1. The second-order valence-electron chi connectivity index (χ2n) is 7.46. The number of carbonyl (C=O) groups is 2. The molecule has 1 aromatic carbocycles. The van der Waals surface area contributed by atoms with Gasteiger partial charge >= 0.3 is 0 Å². The molecule has 9 nitrogen and oxygen atoms in total. The fourth-order valence-electron chi connectivity index (χ4n) is 3.85. The van der Waals surface area contributed by atoms with Crippen molar-refractivity contribution in [2.75, 3.05) is 11.9 Å². The molecule has 0 atom stereocenters. The molecule has 0 saturated carbocycles. The molecule has 0 radical (unpaired) electrons. The summed E-state index contributed by atoms with van der Waals surface area (Å²) in [6.45, 7) is 5.44. The van der Waals surface area contributed by atoms with Crippen LogP contribution in [0.2, 0.25) is 0 Å². The number of benzene rings is 1. The molecule has 1 aliphatic heterocycles. The van der Waals surface area contributed by atoms with Gasteiger partial charge in [-0.05, 0) is 24.6 Å². The summed E-state index contributed by atoms with van der Waals surface area (Å²) < 4.78 is 3.85. The van der Waals surface area contributed by atoms with Crippen LogP contribution in [-0.4, -0.2) is 47.8 Å². The third-order valence-corrected chi connectivity index (χ3v) is 5.39. The minimum absolute atomic E-state index is 0.0692. The van der Waals surface area contributed by atoms with Gasteiger partial charge in [-0.25, -0.2) is 0 Å². The highest BCUT2D eigenvalue weighted by Gasteiger charge is 2.28. The van der Waals surface area contributed by atoms with Crippen LogP contribution < -0.4 is 5.32 Å². The Morgan fingerprint density at radius 1 is 1.20 bits per heavy atom. The van der Waals surface area contributed by atoms with Gasteiger partial charge in [0, 0.05) is 57.0 Å². The van der Waals surface area contributed by atoms with Crippen molar-refractivity contribution in [2.45, 2.75) is 39.8 Å². The van der Waals surface area contributed by atoms with Gasteiger partial charge in [0.15, 0.2) is 5.82 Å². The Balaban J connectivity index is 1.51. The van der Waals surface area contributed by atoms with E-state index < -0.39 is 0 Å². The number of hydrogen-bond donors (Lipinski definition) is 1. The standard InChI is InChI=1S/C21H25N7O2/c1-4-27-13-22-24-21(27)20-17-12-28(10-9-18(17)26(3)25-20)19(30)11-15-5-7-16(8-6-15)23-14(2)29/h5-8,13H,4,9-12H2,1-3H3,(H,23,29). The number of nitrogens with zero attached hydrogens (tertiary/aromatic N) is 6. The maximum atomic E-state index is 13.0. The molecule has 0 fully saturated rings. The molecule has 3 aromatic rings. The zero-order valence-electron chi connectivity index (χ0n) is 17.4. The summed E-state index contributed by atoms with van der Waals surface area (Å²) in [5.41, 5.74) is 4.61. The van der Waals surface area contributed by atoms with Crippen molar-refractivity contribution in [3.05, 3.63) is 47.4 Å². The highest BCUT2D eigenvalue weighted by molar-refractivity contribution is 5.88. The van der Waals surface area contributed by atoms with Gasteiger partial charge in [-0.2, -0.15) is 5.10 Å². The predicted molar refractivity (Wildman–Crippen MR) is 111 cm³/mol. The van der Waals surface area contributed by atoms with Crippen LogP contribution in [0.5, 0.6) is 0 Å². The van der Waals surface area contributed by atoms with Crippen LogP contribution >= 0.6 is 0 Å². The van der Waals surface area contributed by atoms with Gasteiger partial charge in [-0.1, -0.05) is 12.1 Å². The Labute approximate surface area is 174 Å². The fraction of sp³-hybridized carbons (Fsp3) is 0.381. The van der Waals surface area contributed by atoms with Crippen molar-refractivity contribution in [1.29, 1.82) is 0 Å². The van der Waals surface area contributed by atoms with Crippen molar-refractivity contribution in [3.8, 4) is 11.5 Å². The van der Waals surface area contributed by atoms with Gasteiger partial charge in [-0.3, -0.25) is 14.3 Å². The minimum atomic E-state index is -0.117. The van der Waals surface area contributed by atoms with Gasteiger partial charge in [0.05, 0.1) is 6.42 Å². The monoisotopic (exact) mass is 407 g/mol. The largest absolute Gasteiger partial charge is 0.338 e. The average Bonchev–Trinajstić information content (AvgIpc) is 3.33. The van der Waals surface area contributed by atoms with E-state index in [0.717, 1.165) is 47.0 Å². The van der Waals surface area contributed by atoms with Crippen molar-refractivity contribution in [3.63, 3.8) is 0 Å². The van der Waals surface area contributed by atoms with E-state index >= 15 is 0 Å². The van der Waals surface area contributed by atoms with E-state index in [1.165, 1.54) is 6.92 Å². The van der Waals surface area contributed by atoms with Crippen LogP contribution in [0.4, 0.5) is 5.69 Å². The third kappa shape index (κ3) is 3.83. The van der Waals surface area contributed by atoms with E-state index in [-0.39, 0.29) is 11.8 Å². The van der Waals surface area contributed by atoms with Crippen LogP contribution in [0.1, 0.15) is 30.7 Å². The second-order valence-corrected chi connectivity index (χ2v) is 7.46. The number of aromatic nitrogens is 5. The number of anilines is 1. The first-order valence-corrected chi connectivity index (χ1v) is 10.0. The van der Waals surface area contributed by atoms with Gasteiger partial charge in [0.25, 0.3) is 0 Å². The normalized spacial score (nSPS) is 13.2. The van der Waals surface area contributed by atoms with Gasteiger partial charge in [0.2, 0.25) is 11.8 Å². The Morgan fingerprint density at radius 2 is 1.97 bits per heavy atom. The SMILES string of the molecule is CCn1cnnc1-c1nn(C)c2c1CN(C(=O)Cc1ccc(NC(C)=O)cc1)CC2. The van der Waals surface area contributed by atoms with Gasteiger partial charge in [-0.15, -0.1) is 10.2 Å². The molecule has 0 aliphatic carbocycles. The minimum Gasteiger partial charge on any atom is -0.338 e. The highest BCUT2D eigenvalue weighted by Crippen LogP contribution is 2.29. The predicted octanol–water partition coefficient (Wildman–Crippen LogP) is 1.78. The lowest BCUT2D eigenvalue weighted by Crippen LogP contribution is -2.37. The fourth-order valence-corrected chi connectivity index (χ4v) is 3.85. The topological polar surface area (TPSA) is 97.9 Å². The lowest BCUT2D eigenvalue weighted by atomic mass is 10.0. The zero-order valence-corrected chi connectivity index (χ0v) is 17.4. The molecule has 0 spiro atoms. The van der Waals surface area contributed by atoms with Gasteiger partial charge in [0.1, 0.15) is 12.0 Å². The molecular weight excluding hydrogens is 382 g/mol. The summed E-state index contributed by atoms with van der Waals surface area (Å²) >= 11 is 0. The summed E-state index contributed by atoms with van der Waals surface area (Å²) in [6, 6.07) is 7.37. The summed E-state index contributed by atoms with van der Waals surface area (Å²) in [5.74, 6) is 0.686. The zero-order chi connectivity index (χ0) is 21.3. The molecule has 156 valence electrons. The van der Waals surface area contributed by atoms with E-state index in [0.29, 0.717) is 19.5 Å². The number of rotatable bonds is 5. The van der Waals surface area contributed by atoms with E-state index in [2.05, 4.69) is 20.6 Å². The smallest absolute Gasteiger partial charge is 0.227 e. The molecule has 0 bridgehead atoms. The highest BCUT2D eigenvalue weighted by atomic mass is 16.2. The number of amides is 2. The number of aryl methyl sites for hydroxylation is 2. The maximum Gasteiger partial charge on any atom is 0.227 e. The number of nitrogens with one attached hydrogen (secondary N) is 1. The molecule has 1 aliphatic rings. The van der Waals surface area contributed by atoms with E-state index in [1.807, 2.05) is 52.4 Å². The van der Waals surface area contributed by atoms with Gasteiger partial charge < -0.3 is 14.8 Å². The second kappa shape index (κ2) is 8.10. The molecule has 2 amide bonds. The quantitative estimate of drug-likeness (QED) is 0.695. The summed E-state index contributed by atoms with van der Waals surface area (Å²) in [5, 5.41) is 15.7. The van der Waals surface area contributed by atoms with Crippen LogP contribution in [0.25, 0.3) is 11.5 Å². The Hall–Kier alpha value is -3.49. The van der Waals surface area contributed by atoms with E-state index in [1.54, 1.807) is 6.33 Å². The van der Waals surface area contributed by atoms with Crippen LogP contribution in [0, 0.1) is 0 Å². The molecule has 2 aromatic heterocycles. The van der Waals surface area contributed by atoms with Crippen molar-refractivity contribution in [1.82, 2.24) is 29.4 Å². The molecule has 4 rings (SSSR count). The average molecular weight is 407 g/mol. The molecule has 9 heteroatoms. The number of carbonyl (C=O) groups excluding carboxylic acids is 2. The maximum absolute atomic E-state index is 13.0. The summed E-state index contributed by atoms with van der Waals surface area (Å²) in [7, 11) is 1.93. The van der Waals surface area contributed by atoms with E-state index in [4.69, 9.17) is 0 Å². The summed E-state index contributed by atoms with van der Waals surface area (Å²) in [4.78, 5) is 26.0. The Bertz CT molecular complexity index is 1080. The van der Waals surface area contributed by atoms with Crippen LogP contribution in [-0.2, 0) is 42.6 Å². The Kier molecular flexibility index (Phi) is 5.35. The van der Waals surface area contributed by atoms with Crippen molar-refractivity contribution < 1.29 is 9.59 Å². The molecule has 3 heterocycles. The van der Waals surface area contributed by atoms with Crippen LogP contribution in [0.3, 0.4) is 0 Å². The number of hydrogen-bond acceptors (Lipinski definition) is 5. The molecule has 30 heavy (non-hydrogen) atoms. The van der Waals surface area contributed by atoms with Crippen molar-refractivity contribution in [2.24, 2.45) is 7.05 Å². The first-order valence-electron chi connectivity index (χ1n) is 10.0. The molecule has 1 N–H and O–H groups in total. The first kappa shape index (κ1) is 19.8. The summed E-state index contributed by atoms with van der Waals surface area (Å²) in [6.07, 6.45) is 2.77. The van der Waals surface area contributed by atoms with E-state index in [9.17, 15) is 9.59 Å². The molecule has 0 saturated heterocycles. The molecular formula is C21H25N7O2. The van der Waals surface area contributed by atoms with Crippen LogP contribution in [0.15, 0.2) is 30.6 Å². The van der Waals surface area contributed by atoms with Crippen molar-refractivity contribution >= 4 is 17.5 Å².